The standard InChI is InChI=1S/C24H35N3O2Si/c1-9-28-18-26-23-22(25-6)21(20-13-11-19(2)12-14-20)17-27(23)15-10-16-29-30(7,8)24(3,4)5/h11-14,17-18H,9-10,15-16H2,1-5,7-8H3/b26-18+. The van der Waals surface area contributed by atoms with Gasteiger partial charge >= 0.3 is 0 Å². The largest absolute Gasteiger partial charge is 0.483 e. The SMILES string of the molecule is [C-]#[N+]c1c(-c2ccc(C)cc2)cn(CCCO[Si](C)(C)C(C)(C)C)c1/N=C/OCC. The van der Waals surface area contributed by atoms with Crippen LogP contribution in [0.3, 0.4) is 0 Å². The van der Waals surface area contributed by atoms with Gasteiger partial charge in [0.05, 0.1) is 13.2 Å². The second kappa shape index (κ2) is 10.1. The third-order valence-electron chi connectivity index (χ3n) is 5.73. The first kappa shape index (κ1) is 23.9. The zero-order chi connectivity index (χ0) is 22.4. The van der Waals surface area contributed by atoms with E-state index in [0.717, 1.165) is 24.1 Å². The first-order valence-electron chi connectivity index (χ1n) is 10.6. The molecule has 1 aromatic heterocycles. The molecular formula is C24H35N3O2Si. The van der Waals surface area contributed by atoms with Crippen molar-refractivity contribution >= 4 is 26.2 Å². The van der Waals surface area contributed by atoms with Gasteiger partial charge in [-0.1, -0.05) is 50.6 Å². The minimum absolute atomic E-state index is 0.198. The molecule has 0 unspecified atom stereocenters. The van der Waals surface area contributed by atoms with Gasteiger partial charge in [-0.15, -0.1) is 0 Å². The highest BCUT2D eigenvalue weighted by atomic mass is 28.4. The van der Waals surface area contributed by atoms with Crippen molar-refractivity contribution in [2.45, 2.75) is 65.7 Å². The zero-order valence-corrected chi connectivity index (χ0v) is 20.5. The van der Waals surface area contributed by atoms with Crippen molar-refractivity contribution in [1.29, 1.82) is 0 Å². The molecule has 0 fully saturated rings. The topological polar surface area (TPSA) is 40.1 Å². The maximum atomic E-state index is 7.75. The van der Waals surface area contributed by atoms with Crippen LogP contribution in [0.15, 0.2) is 35.5 Å². The molecule has 0 spiro atoms. The van der Waals surface area contributed by atoms with Gasteiger partial charge in [0.15, 0.2) is 14.7 Å². The molecule has 1 heterocycles. The fraction of sp³-hybridized carbons (Fsp3) is 0.500. The lowest BCUT2D eigenvalue weighted by Gasteiger charge is -2.36. The average Bonchev–Trinajstić information content (AvgIpc) is 3.02. The summed E-state index contributed by atoms with van der Waals surface area (Å²) in [6.07, 6.45) is 4.33. The molecule has 0 atom stereocenters. The van der Waals surface area contributed by atoms with Gasteiger partial charge < -0.3 is 13.7 Å². The van der Waals surface area contributed by atoms with E-state index in [1.807, 2.05) is 17.7 Å². The summed E-state index contributed by atoms with van der Waals surface area (Å²) in [6.45, 7) is 25.0. The molecule has 2 aromatic rings. The van der Waals surface area contributed by atoms with E-state index in [-0.39, 0.29) is 5.04 Å². The van der Waals surface area contributed by atoms with Crippen molar-refractivity contribution < 1.29 is 9.16 Å². The molecule has 1 aromatic carbocycles. The molecular weight excluding hydrogens is 390 g/mol. The van der Waals surface area contributed by atoms with Crippen LogP contribution in [-0.4, -0.2) is 32.5 Å². The van der Waals surface area contributed by atoms with Crippen LogP contribution in [0.4, 0.5) is 11.5 Å². The van der Waals surface area contributed by atoms with Gasteiger partial charge in [-0.2, -0.15) is 0 Å². The summed E-state index contributed by atoms with van der Waals surface area (Å²) in [5.41, 5.74) is 3.68. The van der Waals surface area contributed by atoms with E-state index < -0.39 is 8.32 Å². The van der Waals surface area contributed by atoms with E-state index in [9.17, 15) is 0 Å². The van der Waals surface area contributed by atoms with Crippen LogP contribution in [0, 0.1) is 13.5 Å². The predicted octanol–water partition coefficient (Wildman–Crippen LogP) is 7.12. The van der Waals surface area contributed by atoms with Crippen molar-refractivity contribution in [2.24, 2.45) is 4.99 Å². The Kier molecular flexibility index (Phi) is 8.05. The molecule has 0 saturated heterocycles. The van der Waals surface area contributed by atoms with Gasteiger partial charge in [0, 0.05) is 24.9 Å². The normalized spacial score (nSPS) is 12.3. The summed E-state index contributed by atoms with van der Waals surface area (Å²) >= 11 is 0. The summed E-state index contributed by atoms with van der Waals surface area (Å²) in [4.78, 5) is 8.27. The molecule has 0 saturated carbocycles. The highest BCUT2D eigenvalue weighted by Gasteiger charge is 2.36. The van der Waals surface area contributed by atoms with E-state index in [1.165, 1.54) is 12.0 Å². The van der Waals surface area contributed by atoms with Gasteiger partial charge in [-0.05, 0) is 44.0 Å². The second-order valence-corrected chi connectivity index (χ2v) is 13.8. The average molecular weight is 426 g/mol. The van der Waals surface area contributed by atoms with Crippen molar-refractivity contribution in [3.05, 3.63) is 47.4 Å². The fourth-order valence-corrected chi connectivity index (χ4v) is 3.92. The van der Waals surface area contributed by atoms with Gasteiger partial charge in [0.1, 0.15) is 5.82 Å². The molecule has 0 aliphatic heterocycles. The number of hydrogen-bond donors (Lipinski definition) is 0. The Morgan fingerprint density at radius 2 is 1.87 bits per heavy atom. The molecule has 2 rings (SSSR count). The highest BCUT2D eigenvalue weighted by molar-refractivity contribution is 6.74. The lowest BCUT2D eigenvalue weighted by molar-refractivity contribution is 0.275. The first-order valence-corrected chi connectivity index (χ1v) is 13.5. The van der Waals surface area contributed by atoms with Gasteiger partial charge in [0.2, 0.25) is 5.69 Å². The highest BCUT2D eigenvalue weighted by Crippen LogP contribution is 2.41. The van der Waals surface area contributed by atoms with Crippen LogP contribution in [0.5, 0.6) is 0 Å². The summed E-state index contributed by atoms with van der Waals surface area (Å²) in [6, 6.07) is 8.24. The molecule has 0 aliphatic rings. The third kappa shape index (κ3) is 5.84. The maximum absolute atomic E-state index is 7.75. The number of aromatic nitrogens is 1. The number of benzene rings is 1. The maximum Gasteiger partial charge on any atom is 0.237 e. The minimum Gasteiger partial charge on any atom is -0.483 e. The molecule has 30 heavy (non-hydrogen) atoms. The Morgan fingerprint density at radius 1 is 1.20 bits per heavy atom. The number of nitrogens with zero attached hydrogens (tertiary/aromatic N) is 3. The molecule has 0 radical (unpaired) electrons. The van der Waals surface area contributed by atoms with Crippen molar-refractivity contribution in [1.82, 2.24) is 4.57 Å². The Balaban J connectivity index is 2.26. The summed E-state index contributed by atoms with van der Waals surface area (Å²) in [5, 5.41) is 0.198. The summed E-state index contributed by atoms with van der Waals surface area (Å²) in [5.74, 6) is 0.640. The number of hydrogen-bond acceptors (Lipinski definition) is 3. The lowest BCUT2D eigenvalue weighted by atomic mass is 10.1. The van der Waals surface area contributed by atoms with Crippen LogP contribution in [-0.2, 0) is 15.7 Å². The summed E-state index contributed by atoms with van der Waals surface area (Å²) in [7, 11) is -1.76. The van der Waals surface area contributed by atoms with Crippen LogP contribution >= 0.6 is 0 Å². The van der Waals surface area contributed by atoms with Crippen molar-refractivity contribution in [3.63, 3.8) is 0 Å². The van der Waals surface area contributed by atoms with E-state index in [4.69, 9.17) is 15.7 Å². The van der Waals surface area contributed by atoms with Gasteiger partial charge in [-0.3, -0.25) is 0 Å². The monoisotopic (exact) mass is 425 g/mol. The Bertz CT molecular complexity index is 900. The van der Waals surface area contributed by atoms with Gasteiger partial charge in [-0.25, -0.2) is 9.84 Å². The lowest BCUT2D eigenvalue weighted by Crippen LogP contribution is -2.41. The molecule has 0 amide bonds. The first-order chi connectivity index (χ1) is 14.1. The minimum atomic E-state index is -1.76. The quantitative estimate of drug-likeness (QED) is 0.141. The number of aliphatic imine (C=N–C) groups is 1. The zero-order valence-electron chi connectivity index (χ0n) is 19.5. The van der Waals surface area contributed by atoms with Gasteiger partial charge in [0.25, 0.3) is 0 Å². The Hall–Kier alpha value is -2.36. The van der Waals surface area contributed by atoms with E-state index in [0.29, 0.717) is 24.7 Å². The number of ether oxygens (including phenoxy) is 1. The molecule has 5 nitrogen and oxygen atoms in total. The van der Waals surface area contributed by atoms with E-state index in [1.54, 1.807) is 0 Å². The fourth-order valence-electron chi connectivity index (χ4n) is 2.84. The third-order valence-corrected chi connectivity index (χ3v) is 10.3. The van der Waals surface area contributed by atoms with E-state index >= 15 is 0 Å². The Morgan fingerprint density at radius 3 is 2.43 bits per heavy atom. The summed E-state index contributed by atoms with van der Waals surface area (Å²) < 4.78 is 13.7. The van der Waals surface area contributed by atoms with Crippen molar-refractivity contribution in [3.8, 4) is 11.1 Å². The smallest absolute Gasteiger partial charge is 0.237 e. The van der Waals surface area contributed by atoms with E-state index in [2.05, 4.69) is 74.9 Å². The molecule has 0 bridgehead atoms. The molecule has 6 heteroatoms. The number of aryl methyl sites for hydroxylation is 2. The van der Waals surface area contributed by atoms with Crippen LogP contribution in [0.25, 0.3) is 16.0 Å². The van der Waals surface area contributed by atoms with Crippen LogP contribution in [0.1, 0.15) is 39.7 Å². The Labute approximate surface area is 182 Å². The predicted molar refractivity (Wildman–Crippen MR) is 128 cm³/mol. The molecule has 0 N–H and O–H groups in total. The number of rotatable bonds is 9. The molecule has 0 aliphatic carbocycles. The second-order valence-electron chi connectivity index (χ2n) is 9.04. The molecule has 162 valence electrons. The van der Waals surface area contributed by atoms with Crippen molar-refractivity contribution in [2.75, 3.05) is 13.2 Å². The van der Waals surface area contributed by atoms with Crippen LogP contribution in [0.2, 0.25) is 18.1 Å². The van der Waals surface area contributed by atoms with Crippen LogP contribution < -0.4 is 0 Å².